The van der Waals surface area contributed by atoms with Gasteiger partial charge in [-0.25, -0.2) is 4.79 Å². The molecule has 2 atom stereocenters. The molecular formula is C22H25N3O3. The molecule has 0 spiro atoms. The van der Waals surface area contributed by atoms with E-state index in [0.717, 1.165) is 5.56 Å². The number of alkyl carbamates (subject to hydrolysis) is 1. The lowest BCUT2D eigenvalue weighted by Crippen LogP contribution is -2.44. The Morgan fingerprint density at radius 3 is 2.18 bits per heavy atom. The van der Waals surface area contributed by atoms with E-state index in [1.807, 2.05) is 50.2 Å². The van der Waals surface area contributed by atoms with Gasteiger partial charge in [-0.15, -0.1) is 0 Å². The standard InChI is InChI=1S/C22H25N3O3/c1-16(2)13-19(14-23)24-21(26)20(18-11-7-4-8-12-18)25-22(27)28-15-17-9-5-3-6-10-17/h3-12,16,19-20H,13,15H2,1-2H3,(H,24,26)(H,25,27). The summed E-state index contributed by atoms with van der Waals surface area (Å²) in [5.41, 5.74) is 1.46. The minimum Gasteiger partial charge on any atom is -0.445 e. The van der Waals surface area contributed by atoms with E-state index in [2.05, 4.69) is 16.7 Å². The van der Waals surface area contributed by atoms with E-state index in [1.165, 1.54) is 0 Å². The molecule has 0 radical (unpaired) electrons. The van der Waals surface area contributed by atoms with Crippen molar-refractivity contribution in [1.29, 1.82) is 5.26 Å². The van der Waals surface area contributed by atoms with Crippen molar-refractivity contribution in [2.75, 3.05) is 0 Å². The van der Waals surface area contributed by atoms with Crippen LogP contribution in [-0.2, 0) is 16.1 Å². The van der Waals surface area contributed by atoms with Crippen molar-refractivity contribution in [3.05, 3.63) is 71.8 Å². The number of carbonyl (C=O) groups is 2. The third kappa shape index (κ3) is 6.76. The molecule has 0 aliphatic heterocycles. The molecule has 2 aromatic rings. The average Bonchev–Trinajstić information content (AvgIpc) is 2.71. The molecule has 2 rings (SSSR count). The van der Waals surface area contributed by atoms with Crippen LogP contribution in [0.2, 0.25) is 0 Å². The number of nitriles is 1. The Morgan fingerprint density at radius 2 is 1.61 bits per heavy atom. The van der Waals surface area contributed by atoms with Gasteiger partial charge in [-0.2, -0.15) is 5.26 Å². The largest absolute Gasteiger partial charge is 0.445 e. The highest BCUT2D eigenvalue weighted by atomic mass is 16.5. The summed E-state index contributed by atoms with van der Waals surface area (Å²) in [7, 11) is 0. The first-order valence-corrected chi connectivity index (χ1v) is 9.21. The average molecular weight is 379 g/mol. The molecule has 2 amide bonds. The number of hydrogen-bond donors (Lipinski definition) is 2. The summed E-state index contributed by atoms with van der Waals surface area (Å²) >= 11 is 0. The smallest absolute Gasteiger partial charge is 0.408 e. The molecule has 0 heterocycles. The summed E-state index contributed by atoms with van der Waals surface area (Å²) in [5.74, 6) is -0.195. The van der Waals surface area contributed by atoms with Gasteiger partial charge in [0, 0.05) is 0 Å². The zero-order valence-corrected chi connectivity index (χ0v) is 16.1. The molecule has 2 aromatic carbocycles. The first-order valence-electron chi connectivity index (χ1n) is 9.21. The topological polar surface area (TPSA) is 91.2 Å². The quantitative estimate of drug-likeness (QED) is 0.731. The second-order valence-electron chi connectivity index (χ2n) is 6.87. The zero-order valence-electron chi connectivity index (χ0n) is 16.1. The van der Waals surface area contributed by atoms with Crippen LogP contribution in [0.4, 0.5) is 4.79 Å². The number of rotatable bonds is 8. The van der Waals surface area contributed by atoms with Crippen LogP contribution in [0.25, 0.3) is 0 Å². The lowest BCUT2D eigenvalue weighted by atomic mass is 10.0. The van der Waals surface area contributed by atoms with Crippen molar-refractivity contribution in [3.63, 3.8) is 0 Å². The molecule has 0 fully saturated rings. The number of nitrogens with one attached hydrogen (secondary N) is 2. The van der Waals surface area contributed by atoms with Crippen LogP contribution >= 0.6 is 0 Å². The summed E-state index contributed by atoms with van der Waals surface area (Å²) in [6.45, 7) is 4.05. The Bertz CT molecular complexity index is 801. The maximum Gasteiger partial charge on any atom is 0.408 e. The van der Waals surface area contributed by atoms with Gasteiger partial charge in [-0.1, -0.05) is 74.5 Å². The zero-order chi connectivity index (χ0) is 20.4. The van der Waals surface area contributed by atoms with Gasteiger partial charge in [0.15, 0.2) is 0 Å². The number of carbonyl (C=O) groups excluding carboxylic acids is 2. The Hall–Kier alpha value is -3.33. The van der Waals surface area contributed by atoms with E-state index in [9.17, 15) is 14.9 Å². The van der Waals surface area contributed by atoms with Gasteiger partial charge >= 0.3 is 6.09 Å². The maximum atomic E-state index is 12.8. The Kier molecular flexibility index (Phi) is 8.04. The SMILES string of the molecule is CC(C)CC(C#N)NC(=O)C(NC(=O)OCc1ccccc1)c1ccccc1. The highest BCUT2D eigenvalue weighted by Crippen LogP contribution is 2.15. The summed E-state index contributed by atoms with van der Waals surface area (Å²) in [6.07, 6.45) is -0.174. The molecule has 0 saturated carbocycles. The van der Waals surface area contributed by atoms with E-state index in [4.69, 9.17) is 4.74 Å². The fourth-order valence-corrected chi connectivity index (χ4v) is 2.70. The molecule has 0 aliphatic rings. The monoisotopic (exact) mass is 379 g/mol. The van der Waals surface area contributed by atoms with Gasteiger partial charge in [-0.05, 0) is 23.5 Å². The normalized spacial score (nSPS) is 12.5. The molecule has 2 N–H and O–H groups in total. The Labute approximate surface area is 165 Å². The van der Waals surface area contributed by atoms with Crippen LogP contribution in [0.3, 0.4) is 0 Å². The van der Waals surface area contributed by atoms with Crippen LogP contribution in [0.5, 0.6) is 0 Å². The van der Waals surface area contributed by atoms with E-state index >= 15 is 0 Å². The minimum atomic E-state index is -0.951. The Morgan fingerprint density at radius 1 is 1.00 bits per heavy atom. The third-order valence-electron chi connectivity index (χ3n) is 4.05. The maximum absolute atomic E-state index is 12.8. The number of amides is 2. The second kappa shape index (κ2) is 10.7. The van der Waals surface area contributed by atoms with Crippen molar-refractivity contribution < 1.29 is 14.3 Å². The predicted octanol–water partition coefficient (Wildman–Crippen LogP) is 3.71. The highest BCUT2D eigenvalue weighted by molar-refractivity contribution is 5.87. The molecule has 2 unspecified atom stereocenters. The molecule has 28 heavy (non-hydrogen) atoms. The third-order valence-corrected chi connectivity index (χ3v) is 4.05. The fraction of sp³-hybridized carbons (Fsp3) is 0.318. The molecular weight excluding hydrogens is 354 g/mol. The van der Waals surface area contributed by atoms with Gasteiger partial charge in [0.25, 0.3) is 0 Å². The summed E-state index contributed by atoms with van der Waals surface area (Å²) < 4.78 is 5.23. The number of nitrogens with zero attached hydrogens (tertiary/aromatic N) is 1. The predicted molar refractivity (Wildman–Crippen MR) is 106 cm³/mol. The van der Waals surface area contributed by atoms with Crippen LogP contribution in [0, 0.1) is 17.2 Å². The summed E-state index contributed by atoms with van der Waals surface area (Å²) in [6, 6.07) is 18.7. The van der Waals surface area contributed by atoms with E-state index < -0.39 is 24.1 Å². The van der Waals surface area contributed by atoms with Crippen LogP contribution in [0.1, 0.15) is 37.4 Å². The van der Waals surface area contributed by atoms with Crippen LogP contribution < -0.4 is 10.6 Å². The molecule has 0 aromatic heterocycles. The van der Waals surface area contributed by atoms with Crippen molar-refractivity contribution in [3.8, 4) is 6.07 Å². The van der Waals surface area contributed by atoms with Crippen molar-refractivity contribution >= 4 is 12.0 Å². The molecule has 0 aliphatic carbocycles. The van der Waals surface area contributed by atoms with Crippen LogP contribution in [-0.4, -0.2) is 18.0 Å². The van der Waals surface area contributed by atoms with Crippen molar-refractivity contribution in [2.24, 2.45) is 5.92 Å². The molecule has 6 nitrogen and oxygen atoms in total. The molecule has 0 bridgehead atoms. The highest BCUT2D eigenvalue weighted by Gasteiger charge is 2.25. The summed E-state index contributed by atoms with van der Waals surface area (Å²) in [4.78, 5) is 25.0. The van der Waals surface area contributed by atoms with Gasteiger partial charge in [-0.3, -0.25) is 4.79 Å². The lowest BCUT2D eigenvalue weighted by Gasteiger charge is -2.21. The van der Waals surface area contributed by atoms with E-state index in [0.29, 0.717) is 12.0 Å². The van der Waals surface area contributed by atoms with Gasteiger partial charge in [0.05, 0.1) is 6.07 Å². The fourth-order valence-electron chi connectivity index (χ4n) is 2.70. The number of hydrogen-bond acceptors (Lipinski definition) is 4. The minimum absolute atomic E-state index is 0.101. The van der Waals surface area contributed by atoms with Crippen molar-refractivity contribution in [2.45, 2.75) is 39.0 Å². The first-order chi connectivity index (χ1) is 13.5. The van der Waals surface area contributed by atoms with Crippen LogP contribution in [0.15, 0.2) is 60.7 Å². The lowest BCUT2D eigenvalue weighted by molar-refractivity contribution is -0.123. The molecule has 146 valence electrons. The van der Waals surface area contributed by atoms with Gasteiger partial charge in [0.2, 0.25) is 5.91 Å². The summed E-state index contributed by atoms with van der Waals surface area (Å²) in [5, 5.41) is 14.6. The van der Waals surface area contributed by atoms with Crippen molar-refractivity contribution in [1.82, 2.24) is 10.6 Å². The number of benzene rings is 2. The van der Waals surface area contributed by atoms with Gasteiger partial charge < -0.3 is 15.4 Å². The van der Waals surface area contributed by atoms with E-state index in [1.54, 1.807) is 24.3 Å². The Balaban J connectivity index is 2.06. The van der Waals surface area contributed by atoms with Gasteiger partial charge in [0.1, 0.15) is 18.7 Å². The van der Waals surface area contributed by atoms with E-state index in [-0.39, 0.29) is 12.5 Å². The molecule has 6 heteroatoms. The first kappa shape index (κ1) is 21.0. The molecule has 0 saturated heterocycles. The second-order valence-corrected chi connectivity index (χ2v) is 6.87. The number of ether oxygens (including phenoxy) is 1.